The van der Waals surface area contributed by atoms with Gasteiger partial charge in [-0.15, -0.1) is 28.4 Å². The number of benzene rings is 9. The molecule has 0 bridgehead atoms. The second-order valence-corrected chi connectivity index (χ2v) is 38.1. The summed E-state index contributed by atoms with van der Waals surface area (Å²) in [6, 6.07) is 54.3. The Hall–Kier alpha value is -3.69. The molecule has 0 aromatic heterocycles. The summed E-state index contributed by atoms with van der Waals surface area (Å²) in [5, 5.41) is 35.0. The molecule has 0 spiro atoms. The summed E-state index contributed by atoms with van der Waals surface area (Å²) in [5.41, 5.74) is 12.3. The van der Waals surface area contributed by atoms with E-state index < -0.39 is 59.2 Å². The van der Waals surface area contributed by atoms with Crippen LogP contribution in [0.4, 0.5) is 27.2 Å². The molecule has 117 heavy (non-hydrogen) atoms. The monoisotopic (exact) mass is 1950 g/mol. The first-order valence-corrected chi connectivity index (χ1v) is 46.3. The molecule has 9 rings (SSSR count). The first kappa shape index (κ1) is 106. The fourth-order valence-electron chi connectivity index (χ4n) is 10.7. The summed E-state index contributed by atoms with van der Waals surface area (Å²) in [7, 11) is -13.4. The Morgan fingerprint density at radius 2 is 0.530 bits per heavy atom. The van der Waals surface area contributed by atoms with Crippen molar-refractivity contribution in [3.63, 3.8) is 0 Å². The number of hydrogen-bond acceptors (Lipinski definition) is 21. The Morgan fingerprint density at radius 3 is 0.726 bits per heavy atom. The van der Waals surface area contributed by atoms with E-state index >= 15 is 0 Å². The van der Waals surface area contributed by atoms with Crippen molar-refractivity contribution in [1.82, 2.24) is 0 Å². The zero-order chi connectivity index (χ0) is 83.1. The van der Waals surface area contributed by atoms with E-state index in [-0.39, 0.29) is 105 Å². The SMILES string of the molecule is CC(C)CCOc1ccc(-c2ccc(CSCc3ccc(CP(=O)(OF)OF)c(Br)c3)cc2)cc1C(=O)[O-].CC(C)CCOc1ccc(-c2ccc(CSCc3ccc(CP(=O)(OF)OF)c(Br)c3)cc2)cc1C(=O)[O-].CC(C)CCOc1ccc(-c2ccc(CSCc3ccc(CP(=O)(OF)OF)c(Br)c3)cc2)cc1C(=O)[O-].[Na+].[Na+].[Na+]. The van der Waals surface area contributed by atoms with E-state index in [1.807, 2.05) is 91.0 Å². The molecule has 36 heteroatoms. The molecule has 0 atom stereocenters. The standard InChI is InChI=1S/3C27H28BrF2O6PS.3Na/c3*1-18(2)11-12-34-26-10-9-22(14-24(26)27(31)32)21-6-3-19(4-7-21)16-38-17-20-5-8-23(25(28)13-20)15-37(33,35-29)36-30;;;/h3*3-10,13-14,18H,11-12,15-17H2,1-2H3,(H,31,32);;;/q;;;3*+1/p-3. The molecule has 0 heterocycles. The first-order chi connectivity index (χ1) is 54.4. The topological polar surface area (TPSA) is 255 Å². The Morgan fingerprint density at radius 1 is 0.325 bits per heavy atom. The minimum atomic E-state index is -4.46. The molecule has 612 valence electrons. The molecule has 0 unspecified atom stereocenters. The molecule has 0 aliphatic heterocycles. The predicted molar refractivity (Wildman–Crippen MR) is 438 cm³/mol. The molecule has 0 aliphatic carbocycles. The van der Waals surface area contributed by atoms with Gasteiger partial charge in [0.25, 0.3) is 0 Å². The van der Waals surface area contributed by atoms with Crippen LogP contribution in [0.25, 0.3) is 33.4 Å². The molecule has 0 fully saturated rings. The molecule has 9 aromatic carbocycles. The van der Waals surface area contributed by atoms with Gasteiger partial charge in [0.2, 0.25) is 0 Å². The van der Waals surface area contributed by atoms with Crippen molar-refractivity contribution in [3.8, 4) is 50.6 Å². The summed E-state index contributed by atoms with van der Waals surface area (Å²) >= 11 is 15.0. The molecule has 0 N–H and O–H groups in total. The number of carboxylic acid groups (broad SMARTS) is 3. The Balaban J connectivity index is 0.000000365. The van der Waals surface area contributed by atoms with Crippen molar-refractivity contribution in [2.45, 2.75) is 114 Å². The van der Waals surface area contributed by atoms with Gasteiger partial charge in [0.05, 0.1) is 56.2 Å². The number of hydrogen-bond donors (Lipinski definition) is 0. The van der Waals surface area contributed by atoms with Gasteiger partial charge < -0.3 is 43.9 Å². The smallest absolute Gasteiger partial charge is 0.545 e. The molecular weight excluding hydrogens is 1870 g/mol. The third kappa shape index (κ3) is 35.1. The van der Waals surface area contributed by atoms with E-state index in [4.69, 9.17) is 14.2 Å². The van der Waals surface area contributed by atoms with Crippen LogP contribution in [0.2, 0.25) is 0 Å². The number of carbonyl (C=O) groups excluding carboxylic acids is 3. The van der Waals surface area contributed by atoms with Gasteiger partial charge in [0.1, 0.15) is 17.2 Å². The maximum absolute atomic E-state index is 12.3. The van der Waals surface area contributed by atoms with Gasteiger partial charge in [-0.2, -0.15) is 35.3 Å². The van der Waals surface area contributed by atoms with Crippen LogP contribution in [0, 0.1) is 17.8 Å². The maximum Gasteiger partial charge on any atom is 1.00 e. The van der Waals surface area contributed by atoms with Crippen molar-refractivity contribution in [2.24, 2.45) is 17.8 Å². The number of aromatic carboxylic acids is 3. The van der Waals surface area contributed by atoms with Gasteiger partial charge in [-0.05, 0) is 202 Å². The van der Waals surface area contributed by atoms with Crippen molar-refractivity contribution in [2.75, 3.05) is 19.8 Å². The average molecular weight is 1950 g/mol. The van der Waals surface area contributed by atoms with Gasteiger partial charge in [-0.3, -0.25) is 13.7 Å². The van der Waals surface area contributed by atoms with E-state index in [2.05, 4.69) is 118 Å². The van der Waals surface area contributed by atoms with Crippen LogP contribution in [-0.4, -0.2) is 37.7 Å². The second kappa shape index (κ2) is 53.5. The Labute approximate surface area is 781 Å². The fourth-order valence-corrected chi connectivity index (χ4v) is 18.3. The minimum Gasteiger partial charge on any atom is -0.545 e. The van der Waals surface area contributed by atoms with E-state index in [1.54, 1.807) is 126 Å². The number of carboxylic acids is 3. The molecular formula is C81H81Br3F6Na3O18P3S3. The van der Waals surface area contributed by atoms with Gasteiger partial charge in [-0.25, -0.2) is 0 Å². The van der Waals surface area contributed by atoms with Gasteiger partial charge in [-0.1, -0.05) is 217 Å². The van der Waals surface area contributed by atoms with Crippen molar-refractivity contribution in [3.05, 3.63) is 262 Å². The van der Waals surface area contributed by atoms with E-state index in [1.165, 1.54) is 0 Å². The molecule has 9 aromatic rings. The van der Waals surface area contributed by atoms with Gasteiger partial charge in [0.15, 0.2) is 0 Å². The minimum absolute atomic E-state index is 0. The van der Waals surface area contributed by atoms with Gasteiger partial charge >= 0.3 is 111 Å². The fraction of sp³-hybridized carbons (Fsp3) is 0.296. The Kier molecular flexibility index (Phi) is 48.3. The first-order valence-electron chi connectivity index (χ1n) is 35.3. The summed E-state index contributed by atoms with van der Waals surface area (Å²) in [5.74, 6) is 2.65. The summed E-state index contributed by atoms with van der Waals surface area (Å²) < 4.78 is 147. The number of carbonyl (C=O) groups is 3. The molecule has 18 nitrogen and oxygen atoms in total. The van der Waals surface area contributed by atoms with Crippen LogP contribution in [0.5, 0.6) is 17.2 Å². The zero-order valence-corrected chi connectivity index (χ0v) is 81.4. The average Bonchev–Trinajstić information content (AvgIpc) is 0.659. The number of halogens is 9. The predicted octanol–water partition coefficient (Wildman–Crippen LogP) is 14.5. The van der Waals surface area contributed by atoms with Crippen LogP contribution < -0.4 is 118 Å². The second-order valence-electron chi connectivity index (χ2n) is 27.2. The normalized spacial score (nSPS) is 11.3. The van der Waals surface area contributed by atoms with E-state index in [0.717, 1.165) is 103 Å². The van der Waals surface area contributed by atoms with Crippen LogP contribution in [0.15, 0.2) is 195 Å². The van der Waals surface area contributed by atoms with Crippen LogP contribution >= 0.6 is 106 Å². The van der Waals surface area contributed by atoms with Crippen molar-refractivity contribution in [1.29, 1.82) is 0 Å². The number of thioether (sulfide) groups is 3. The summed E-state index contributed by atoms with van der Waals surface area (Å²) in [4.78, 5) is 35.0. The van der Waals surface area contributed by atoms with Gasteiger partial charge in [0, 0.05) is 64.6 Å². The number of ether oxygens (including phenoxy) is 3. The summed E-state index contributed by atoms with van der Waals surface area (Å²) in [6.45, 7) is 13.8. The Bertz CT molecular complexity index is 4340. The quantitative estimate of drug-likeness (QED) is 0.0196. The maximum atomic E-state index is 12.3. The van der Waals surface area contributed by atoms with Crippen molar-refractivity contribution < 1.29 is 202 Å². The summed E-state index contributed by atoms with van der Waals surface area (Å²) in [6.07, 6.45) is 0.845. The largest absolute Gasteiger partial charge is 1.00 e. The molecule has 0 saturated carbocycles. The van der Waals surface area contributed by atoms with Crippen molar-refractivity contribution >= 4 is 124 Å². The zero-order valence-electron chi connectivity index (χ0n) is 65.5. The van der Waals surface area contributed by atoms with E-state index in [0.29, 0.717) is 102 Å². The number of rotatable bonds is 42. The van der Waals surface area contributed by atoms with Crippen LogP contribution in [0.3, 0.4) is 0 Å². The molecule has 0 aliphatic rings. The third-order valence-electron chi connectivity index (χ3n) is 17.0. The molecule has 0 saturated heterocycles. The van der Waals surface area contributed by atoms with E-state index in [9.17, 15) is 70.6 Å². The molecule has 0 amide bonds. The van der Waals surface area contributed by atoms with Crippen LogP contribution in [0.1, 0.15) is 142 Å². The van der Waals surface area contributed by atoms with Crippen LogP contribution in [-0.2, 0) is 95.1 Å². The molecule has 0 radical (unpaired) electrons. The third-order valence-corrected chi connectivity index (χ3v) is 25.9.